The van der Waals surface area contributed by atoms with Crippen molar-refractivity contribution in [3.8, 4) is 0 Å². The van der Waals surface area contributed by atoms with Crippen LogP contribution >= 0.6 is 11.3 Å². The van der Waals surface area contributed by atoms with Crippen LogP contribution in [-0.4, -0.2) is 29.8 Å². The Morgan fingerprint density at radius 3 is 2.67 bits per heavy atom. The number of thiophene rings is 1. The normalized spacial score (nSPS) is 21.2. The van der Waals surface area contributed by atoms with E-state index in [0.717, 1.165) is 55.8 Å². The molecule has 5 heteroatoms. The zero-order chi connectivity index (χ0) is 15.0. The Balaban J connectivity index is 1.99. The fourth-order valence-corrected chi connectivity index (χ4v) is 4.75. The van der Waals surface area contributed by atoms with Crippen molar-refractivity contribution in [1.82, 2.24) is 4.90 Å². The molecule has 1 fully saturated rings. The molecule has 0 unspecified atom stereocenters. The maximum Gasteiger partial charge on any atom is 0.257 e. The zero-order valence-electron chi connectivity index (χ0n) is 12.7. The van der Waals surface area contributed by atoms with E-state index in [0.29, 0.717) is 5.92 Å². The highest BCUT2D eigenvalue weighted by Gasteiger charge is 2.31. The van der Waals surface area contributed by atoms with Crippen LogP contribution in [0.5, 0.6) is 0 Å². The van der Waals surface area contributed by atoms with Crippen molar-refractivity contribution in [2.75, 3.05) is 18.4 Å². The van der Waals surface area contributed by atoms with Crippen molar-refractivity contribution in [3.05, 3.63) is 16.0 Å². The average Bonchev–Trinajstić information content (AvgIpc) is 3.03. The van der Waals surface area contributed by atoms with Crippen LogP contribution in [0.1, 0.15) is 53.9 Å². The molecule has 2 aliphatic rings. The number of likely N-dealkylation sites (tertiary alicyclic amines) is 1. The first kappa shape index (κ1) is 14.6. The van der Waals surface area contributed by atoms with Gasteiger partial charge in [0.25, 0.3) is 5.91 Å². The first-order valence-corrected chi connectivity index (χ1v) is 8.59. The molecule has 1 aliphatic heterocycles. The number of amides is 2. The molecule has 4 nitrogen and oxygen atoms in total. The summed E-state index contributed by atoms with van der Waals surface area (Å²) in [6.07, 6.45) is 5.29. The van der Waals surface area contributed by atoms with E-state index in [1.54, 1.807) is 11.3 Å². The molecule has 2 heterocycles. The molecule has 0 radical (unpaired) electrons. The number of carbonyl (C=O) groups excluding carboxylic acids is 2. The van der Waals surface area contributed by atoms with Crippen LogP contribution in [0.2, 0.25) is 0 Å². The molecule has 114 valence electrons. The largest absolute Gasteiger partial charge is 0.339 e. The fraction of sp³-hybridized carbons (Fsp3) is 0.625. The molecular formula is C16H22N2O2S. The van der Waals surface area contributed by atoms with E-state index in [-0.39, 0.29) is 11.8 Å². The topological polar surface area (TPSA) is 49.4 Å². The highest BCUT2D eigenvalue weighted by molar-refractivity contribution is 7.17. The molecule has 0 aromatic carbocycles. The van der Waals surface area contributed by atoms with Crippen molar-refractivity contribution in [3.63, 3.8) is 0 Å². The Kier molecular flexibility index (Phi) is 4.02. The fourth-order valence-electron chi connectivity index (χ4n) is 3.30. The van der Waals surface area contributed by atoms with E-state index >= 15 is 0 Å². The van der Waals surface area contributed by atoms with Gasteiger partial charge in [-0.15, -0.1) is 11.3 Å². The summed E-state index contributed by atoms with van der Waals surface area (Å²) >= 11 is 1.60. The summed E-state index contributed by atoms with van der Waals surface area (Å²) in [6, 6.07) is 0. The summed E-state index contributed by atoms with van der Waals surface area (Å²) in [7, 11) is 0. The van der Waals surface area contributed by atoms with E-state index < -0.39 is 0 Å². The molecule has 2 amide bonds. The summed E-state index contributed by atoms with van der Waals surface area (Å²) in [5.41, 5.74) is 1.97. The highest BCUT2D eigenvalue weighted by Crippen LogP contribution is 2.40. The van der Waals surface area contributed by atoms with Crippen molar-refractivity contribution >= 4 is 28.2 Å². The van der Waals surface area contributed by atoms with Gasteiger partial charge in [0.05, 0.1) is 5.56 Å². The standard InChI is InChI=1S/C16H22N2O2S/c1-10-5-6-12-13(9-10)21-15(17-11(2)19)14(12)16(20)18-7-3-4-8-18/h10H,3-9H2,1-2H3,(H,17,19)/t10-/m1/s1. The predicted molar refractivity (Wildman–Crippen MR) is 84.9 cm³/mol. The van der Waals surface area contributed by atoms with Crippen LogP contribution < -0.4 is 5.32 Å². The van der Waals surface area contributed by atoms with E-state index in [4.69, 9.17) is 0 Å². The Bertz CT molecular complexity index is 573. The molecule has 1 aliphatic carbocycles. The first-order chi connectivity index (χ1) is 10.1. The maximum absolute atomic E-state index is 12.8. The lowest BCUT2D eigenvalue weighted by Crippen LogP contribution is -2.29. The Hall–Kier alpha value is -1.36. The predicted octanol–water partition coefficient (Wildman–Crippen LogP) is 3.07. The molecule has 21 heavy (non-hydrogen) atoms. The van der Waals surface area contributed by atoms with Crippen LogP contribution in [0.25, 0.3) is 0 Å². The molecular weight excluding hydrogens is 284 g/mol. The van der Waals surface area contributed by atoms with Crippen LogP contribution in [-0.2, 0) is 17.6 Å². The zero-order valence-corrected chi connectivity index (χ0v) is 13.5. The van der Waals surface area contributed by atoms with Gasteiger partial charge in [0.2, 0.25) is 5.91 Å². The highest BCUT2D eigenvalue weighted by atomic mass is 32.1. The minimum atomic E-state index is -0.0999. The van der Waals surface area contributed by atoms with Crippen LogP contribution in [0.15, 0.2) is 0 Å². The Labute approximate surface area is 129 Å². The van der Waals surface area contributed by atoms with Gasteiger partial charge >= 0.3 is 0 Å². The van der Waals surface area contributed by atoms with E-state index in [1.165, 1.54) is 17.4 Å². The first-order valence-electron chi connectivity index (χ1n) is 7.77. The number of fused-ring (bicyclic) bond motifs is 1. The smallest absolute Gasteiger partial charge is 0.257 e. The van der Waals surface area contributed by atoms with Crippen LogP contribution in [0.3, 0.4) is 0 Å². The molecule has 0 spiro atoms. The molecule has 0 bridgehead atoms. The molecule has 1 N–H and O–H groups in total. The molecule has 1 saturated heterocycles. The van der Waals surface area contributed by atoms with Crippen molar-refractivity contribution in [1.29, 1.82) is 0 Å². The third kappa shape index (κ3) is 2.84. The quantitative estimate of drug-likeness (QED) is 0.913. The monoisotopic (exact) mass is 306 g/mol. The van der Waals surface area contributed by atoms with Gasteiger partial charge in [0.1, 0.15) is 5.00 Å². The van der Waals surface area contributed by atoms with Gasteiger partial charge in [-0.3, -0.25) is 9.59 Å². The summed E-state index contributed by atoms with van der Waals surface area (Å²) in [5.74, 6) is 0.677. The maximum atomic E-state index is 12.8. The van der Waals surface area contributed by atoms with Gasteiger partial charge in [0, 0.05) is 24.9 Å². The third-order valence-corrected chi connectivity index (χ3v) is 5.58. The van der Waals surface area contributed by atoms with Gasteiger partial charge in [0.15, 0.2) is 0 Å². The number of carbonyl (C=O) groups is 2. The van der Waals surface area contributed by atoms with Crippen molar-refractivity contribution < 1.29 is 9.59 Å². The van der Waals surface area contributed by atoms with Gasteiger partial charge < -0.3 is 10.2 Å². The van der Waals surface area contributed by atoms with Gasteiger partial charge in [-0.2, -0.15) is 0 Å². The Morgan fingerprint density at radius 1 is 1.29 bits per heavy atom. The number of rotatable bonds is 2. The number of anilines is 1. The van der Waals surface area contributed by atoms with Gasteiger partial charge in [-0.05, 0) is 43.6 Å². The van der Waals surface area contributed by atoms with E-state index in [9.17, 15) is 9.59 Å². The molecule has 3 rings (SSSR count). The van der Waals surface area contributed by atoms with Crippen molar-refractivity contribution in [2.45, 2.75) is 46.0 Å². The number of nitrogens with zero attached hydrogens (tertiary/aromatic N) is 1. The number of hydrogen-bond acceptors (Lipinski definition) is 3. The van der Waals surface area contributed by atoms with Crippen LogP contribution in [0.4, 0.5) is 5.00 Å². The molecule has 1 atom stereocenters. The molecule has 0 saturated carbocycles. The minimum Gasteiger partial charge on any atom is -0.339 e. The SMILES string of the molecule is CC(=O)Nc1sc2c(c1C(=O)N1CCCC1)CC[C@@H](C)C2. The number of hydrogen-bond donors (Lipinski definition) is 1. The Morgan fingerprint density at radius 2 is 2.00 bits per heavy atom. The summed E-state index contributed by atoms with van der Waals surface area (Å²) in [4.78, 5) is 27.5. The lowest BCUT2D eigenvalue weighted by atomic mass is 9.88. The lowest BCUT2D eigenvalue weighted by molar-refractivity contribution is -0.114. The molecule has 1 aromatic rings. The minimum absolute atomic E-state index is 0.0999. The van der Waals surface area contributed by atoms with E-state index in [1.807, 2.05) is 4.90 Å². The van der Waals surface area contributed by atoms with Crippen LogP contribution in [0, 0.1) is 5.92 Å². The third-order valence-electron chi connectivity index (χ3n) is 4.41. The second-order valence-electron chi connectivity index (χ2n) is 6.24. The second kappa shape index (κ2) is 5.79. The van der Waals surface area contributed by atoms with Gasteiger partial charge in [-0.1, -0.05) is 6.92 Å². The second-order valence-corrected chi connectivity index (χ2v) is 7.34. The molecule has 1 aromatic heterocycles. The lowest BCUT2D eigenvalue weighted by Gasteiger charge is -2.21. The van der Waals surface area contributed by atoms with Gasteiger partial charge in [-0.25, -0.2) is 0 Å². The average molecular weight is 306 g/mol. The summed E-state index contributed by atoms with van der Waals surface area (Å²) in [5, 5.41) is 3.64. The van der Waals surface area contributed by atoms with Crippen molar-refractivity contribution in [2.24, 2.45) is 5.92 Å². The summed E-state index contributed by atoms with van der Waals surface area (Å²) in [6.45, 7) is 5.45. The summed E-state index contributed by atoms with van der Waals surface area (Å²) < 4.78 is 0. The number of nitrogens with one attached hydrogen (secondary N) is 1. The van der Waals surface area contributed by atoms with E-state index in [2.05, 4.69) is 12.2 Å².